The van der Waals surface area contributed by atoms with E-state index < -0.39 is 0 Å². The zero-order valence-corrected chi connectivity index (χ0v) is 11.6. The highest BCUT2D eigenvalue weighted by atomic mass is 16.4. The first kappa shape index (κ1) is 14.3. The van der Waals surface area contributed by atoms with Crippen LogP contribution in [0.2, 0.25) is 0 Å². The molecule has 1 aliphatic heterocycles. The van der Waals surface area contributed by atoms with E-state index >= 15 is 0 Å². The third kappa shape index (κ3) is 3.48. The molecule has 0 saturated carbocycles. The van der Waals surface area contributed by atoms with Crippen LogP contribution in [-0.2, 0) is 11.2 Å². The van der Waals surface area contributed by atoms with Crippen LogP contribution in [0.3, 0.4) is 0 Å². The van der Waals surface area contributed by atoms with Crippen LogP contribution >= 0.6 is 0 Å². The molecule has 0 radical (unpaired) electrons. The molecule has 1 fully saturated rings. The number of piperazine rings is 1. The van der Waals surface area contributed by atoms with Crippen molar-refractivity contribution in [2.45, 2.75) is 6.42 Å². The third-order valence-corrected chi connectivity index (χ3v) is 3.57. The smallest absolute Gasteiger partial charge is 0.227 e. The van der Waals surface area contributed by atoms with E-state index in [0.717, 1.165) is 31.7 Å². The summed E-state index contributed by atoms with van der Waals surface area (Å²) < 4.78 is 0. The second kappa shape index (κ2) is 6.38. The van der Waals surface area contributed by atoms with Gasteiger partial charge in [-0.25, -0.2) is 0 Å². The summed E-state index contributed by atoms with van der Waals surface area (Å²) in [5, 5.41) is 11.5. The number of carbonyl (C=O) groups is 1. The number of oxime groups is 1. The molecule has 0 spiro atoms. The number of likely N-dealkylation sites (N-methyl/N-ethyl adjacent to an activating group) is 1. The Bertz CT molecular complexity index is 490. The summed E-state index contributed by atoms with van der Waals surface area (Å²) >= 11 is 0. The highest BCUT2D eigenvalue weighted by Crippen LogP contribution is 2.08. The Balaban J connectivity index is 1.94. The van der Waals surface area contributed by atoms with E-state index in [1.54, 1.807) is 12.1 Å². The van der Waals surface area contributed by atoms with Crippen molar-refractivity contribution in [1.29, 1.82) is 0 Å². The molecule has 20 heavy (non-hydrogen) atoms. The molecule has 1 saturated heterocycles. The molecule has 2 rings (SSSR count). The van der Waals surface area contributed by atoms with Gasteiger partial charge < -0.3 is 20.7 Å². The minimum absolute atomic E-state index is 0.0712. The van der Waals surface area contributed by atoms with Crippen molar-refractivity contribution in [3.63, 3.8) is 0 Å². The van der Waals surface area contributed by atoms with Gasteiger partial charge in [-0.15, -0.1) is 0 Å². The minimum Gasteiger partial charge on any atom is -0.409 e. The summed E-state index contributed by atoms with van der Waals surface area (Å²) in [4.78, 5) is 16.3. The predicted molar refractivity (Wildman–Crippen MR) is 76.7 cm³/mol. The standard InChI is InChI=1S/C14H20N4O2/c1-17-6-8-18(9-7-17)13(19)10-11-2-4-12(5-3-11)14(15)16-20/h2-5,20H,6-10H2,1H3,(H2,15,16). The zero-order chi connectivity index (χ0) is 14.5. The number of nitrogens with zero attached hydrogens (tertiary/aromatic N) is 3. The number of carbonyl (C=O) groups excluding carboxylic acids is 1. The molecule has 3 N–H and O–H groups in total. The van der Waals surface area contributed by atoms with E-state index in [2.05, 4.69) is 17.1 Å². The van der Waals surface area contributed by atoms with Crippen LogP contribution < -0.4 is 5.73 Å². The lowest BCUT2D eigenvalue weighted by atomic mass is 10.1. The number of hydrogen-bond acceptors (Lipinski definition) is 4. The summed E-state index contributed by atoms with van der Waals surface area (Å²) in [6.07, 6.45) is 0.389. The van der Waals surface area contributed by atoms with Crippen molar-refractivity contribution in [3.8, 4) is 0 Å². The van der Waals surface area contributed by atoms with Gasteiger partial charge in [-0.2, -0.15) is 0 Å². The third-order valence-electron chi connectivity index (χ3n) is 3.57. The lowest BCUT2D eigenvalue weighted by Gasteiger charge is -2.32. The van der Waals surface area contributed by atoms with Crippen LogP contribution in [0.25, 0.3) is 0 Å². The topological polar surface area (TPSA) is 82.2 Å². The van der Waals surface area contributed by atoms with Crippen molar-refractivity contribution in [2.24, 2.45) is 10.9 Å². The predicted octanol–water partition coefficient (Wildman–Crippen LogP) is 0.0976. The zero-order valence-electron chi connectivity index (χ0n) is 11.6. The van der Waals surface area contributed by atoms with Gasteiger partial charge in [-0.1, -0.05) is 29.4 Å². The highest BCUT2D eigenvalue weighted by Gasteiger charge is 2.18. The van der Waals surface area contributed by atoms with Crippen molar-refractivity contribution in [1.82, 2.24) is 9.80 Å². The second-order valence-corrected chi connectivity index (χ2v) is 5.04. The Morgan fingerprint density at radius 1 is 1.25 bits per heavy atom. The molecular weight excluding hydrogens is 256 g/mol. The maximum absolute atomic E-state index is 12.2. The van der Waals surface area contributed by atoms with Crippen molar-refractivity contribution < 1.29 is 10.0 Å². The van der Waals surface area contributed by atoms with Crippen molar-refractivity contribution in [3.05, 3.63) is 35.4 Å². The molecule has 1 aliphatic rings. The van der Waals surface area contributed by atoms with E-state index in [4.69, 9.17) is 10.9 Å². The molecule has 1 aromatic rings. The van der Waals surface area contributed by atoms with E-state index in [-0.39, 0.29) is 11.7 Å². The van der Waals surface area contributed by atoms with E-state index in [1.165, 1.54) is 0 Å². The van der Waals surface area contributed by atoms with Crippen LogP contribution in [-0.4, -0.2) is 60.0 Å². The molecule has 6 heteroatoms. The number of hydrogen-bond donors (Lipinski definition) is 2. The number of amides is 1. The summed E-state index contributed by atoms with van der Waals surface area (Å²) in [6.45, 7) is 3.43. The maximum Gasteiger partial charge on any atom is 0.227 e. The Morgan fingerprint density at radius 2 is 1.85 bits per heavy atom. The second-order valence-electron chi connectivity index (χ2n) is 5.04. The summed E-state index contributed by atoms with van der Waals surface area (Å²) in [5.74, 6) is 0.219. The van der Waals surface area contributed by atoms with Gasteiger partial charge in [0.2, 0.25) is 5.91 Å². The van der Waals surface area contributed by atoms with Crippen LogP contribution in [0.4, 0.5) is 0 Å². The Hall–Kier alpha value is -2.08. The molecular formula is C14H20N4O2. The molecule has 108 valence electrons. The highest BCUT2D eigenvalue weighted by molar-refractivity contribution is 5.97. The number of rotatable bonds is 3. The van der Waals surface area contributed by atoms with Gasteiger partial charge in [0, 0.05) is 31.7 Å². The van der Waals surface area contributed by atoms with Crippen molar-refractivity contribution in [2.75, 3.05) is 33.2 Å². The lowest BCUT2D eigenvalue weighted by molar-refractivity contribution is -0.132. The first-order valence-corrected chi connectivity index (χ1v) is 6.63. The van der Waals surface area contributed by atoms with Crippen LogP contribution in [0, 0.1) is 0 Å². The summed E-state index contributed by atoms with van der Waals surface area (Å²) in [7, 11) is 2.06. The molecule has 0 aromatic heterocycles. The fourth-order valence-corrected chi connectivity index (χ4v) is 2.19. The maximum atomic E-state index is 12.2. The average Bonchev–Trinajstić information content (AvgIpc) is 2.48. The number of amidine groups is 1. The number of benzene rings is 1. The van der Waals surface area contributed by atoms with Gasteiger partial charge in [-0.3, -0.25) is 4.79 Å². The van der Waals surface area contributed by atoms with E-state index in [1.807, 2.05) is 17.0 Å². The van der Waals surface area contributed by atoms with Crippen LogP contribution in [0.15, 0.2) is 29.4 Å². The first-order chi connectivity index (χ1) is 9.60. The molecule has 1 amide bonds. The SMILES string of the molecule is CN1CCN(C(=O)Cc2ccc(C(N)=NO)cc2)CC1. The molecule has 1 aromatic carbocycles. The minimum atomic E-state index is 0.0712. The Labute approximate surface area is 118 Å². The average molecular weight is 276 g/mol. The van der Waals surface area contributed by atoms with Crippen LogP contribution in [0.1, 0.15) is 11.1 Å². The largest absolute Gasteiger partial charge is 0.409 e. The van der Waals surface area contributed by atoms with E-state index in [9.17, 15) is 4.79 Å². The molecule has 1 heterocycles. The molecule has 0 bridgehead atoms. The quantitative estimate of drug-likeness (QED) is 0.355. The van der Waals surface area contributed by atoms with Gasteiger partial charge in [0.1, 0.15) is 0 Å². The Morgan fingerprint density at radius 3 is 2.40 bits per heavy atom. The van der Waals surface area contributed by atoms with Gasteiger partial charge in [0.05, 0.1) is 6.42 Å². The fourth-order valence-electron chi connectivity index (χ4n) is 2.19. The molecule has 0 atom stereocenters. The number of nitrogens with two attached hydrogens (primary N) is 1. The summed E-state index contributed by atoms with van der Waals surface area (Å²) in [6, 6.07) is 7.17. The van der Waals surface area contributed by atoms with Crippen LogP contribution in [0.5, 0.6) is 0 Å². The lowest BCUT2D eigenvalue weighted by Crippen LogP contribution is -2.47. The normalized spacial score (nSPS) is 17.2. The monoisotopic (exact) mass is 276 g/mol. The first-order valence-electron chi connectivity index (χ1n) is 6.63. The van der Waals surface area contributed by atoms with Gasteiger partial charge >= 0.3 is 0 Å². The fraction of sp³-hybridized carbons (Fsp3) is 0.429. The van der Waals surface area contributed by atoms with E-state index in [0.29, 0.717) is 12.0 Å². The van der Waals surface area contributed by atoms with Gasteiger partial charge in [0.25, 0.3) is 0 Å². The van der Waals surface area contributed by atoms with Gasteiger partial charge in [-0.05, 0) is 12.6 Å². The van der Waals surface area contributed by atoms with Crippen molar-refractivity contribution >= 4 is 11.7 Å². The molecule has 0 unspecified atom stereocenters. The molecule has 6 nitrogen and oxygen atoms in total. The Kier molecular flexibility index (Phi) is 4.57. The van der Waals surface area contributed by atoms with Gasteiger partial charge in [0.15, 0.2) is 5.84 Å². The summed E-state index contributed by atoms with van der Waals surface area (Å²) in [5.41, 5.74) is 7.07. The molecule has 0 aliphatic carbocycles.